The molecule has 0 fully saturated rings. The summed E-state index contributed by atoms with van der Waals surface area (Å²) in [6.45, 7) is 0. The van der Waals surface area contributed by atoms with Gasteiger partial charge < -0.3 is 10.2 Å². The summed E-state index contributed by atoms with van der Waals surface area (Å²) in [5, 5.41) is 20.9. The number of aliphatic hydroxyl groups is 1. The molecule has 0 saturated heterocycles. The molecule has 0 aliphatic carbocycles. The Morgan fingerprint density at radius 2 is 1.65 bits per heavy atom. The highest BCUT2D eigenvalue weighted by Crippen LogP contribution is 2.40. The van der Waals surface area contributed by atoms with Crippen molar-refractivity contribution in [2.45, 2.75) is 18.7 Å². The molecule has 8 heteroatoms. The van der Waals surface area contributed by atoms with E-state index in [9.17, 15) is 23.1 Å². The first kappa shape index (κ1) is 18.8. The topological polar surface area (TPSA) is 57.5 Å². The first-order valence-electron chi connectivity index (χ1n) is 7.40. The third-order valence-corrected chi connectivity index (χ3v) is 4.60. The van der Waals surface area contributed by atoms with Crippen LogP contribution in [0.5, 0.6) is 0 Å². The smallest absolute Gasteiger partial charge is 0.416 e. The van der Waals surface area contributed by atoms with Gasteiger partial charge in [0.05, 0.1) is 18.1 Å². The lowest BCUT2D eigenvalue weighted by molar-refractivity contribution is -0.139. The zero-order valence-electron chi connectivity index (χ0n) is 12.9. The minimum atomic E-state index is -4.56. The van der Waals surface area contributed by atoms with Gasteiger partial charge in [-0.3, -0.25) is 4.79 Å². The number of fused-ring (bicyclic) bond motifs is 3. The Hall–Kier alpha value is -2.02. The van der Waals surface area contributed by atoms with Gasteiger partial charge in [-0.1, -0.05) is 29.3 Å². The molecule has 0 saturated carbocycles. The molecule has 136 valence electrons. The van der Waals surface area contributed by atoms with E-state index in [4.69, 9.17) is 28.3 Å². The van der Waals surface area contributed by atoms with Gasteiger partial charge in [0.1, 0.15) is 0 Å². The van der Waals surface area contributed by atoms with E-state index in [0.717, 1.165) is 12.1 Å². The van der Waals surface area contributed by atoms with Crippen molar-refractivity contribution < 1.29 is 28.2 Å². The normalized spacial score (nSPS) is 13.3. The van der Waals surface area contributed by atoms with Crippen LogP contribution in [0.3, 0.4) is 0 Å². The highest BCUT2D eigenvalue weighted by Gasteiger charge is 2.31. The van der Waals surface area contributed by atoms with Gasteiger partial charge in [0.25, 0.3) is 0 Å². The van der Waals surface area contributed by atoms with Gasteiger partial charge in [-0.2, -0.15) is 13.2 Å². The van der Waals surface area contributed by atoms with Crippen LogP contribution in [0.4, 0.5) is 13.2 Å². The molecule has 3 rings (SSSR count). The second-order valence-electron chi connectivity index (χ2n) is 5.82. The van der Waals surface area contributed by atoms with Gasteiger partial charge in [0.2, 0.25) is 0 Å². The molecule has 3 nitrogen and oxygen atoms in total. The van der Waals surface area contributed by atoms with Crippen molar-refractivity contribution in [2.75, 3.05) is 0 Å². The monoisotopic (exact) mass is 402 g/mol. The number of carboxylic acid groups (broad SMARTS) is 1. The first-order chi connectivity index (χ1) is 12.1. The Morgan fingerprint density at radius 3 is 2.27 bits per heavy atom. The Morgan fingerprint density at radius 1 is 1.00 bits per heavy atom. The Kier molecular flexibility index (Phi) is 4.77. The fourth-order valence-electron chi connectivity index (χ4n) is 2.93. The third kappa shape index (κ3) is 3.45. The number of rotatable bonds is 3. The van der Waals surface area contributed by atoms with Gasteiger partial charge in [-0.25, -0.2) is 0 Å². The molecule has 0 aliphatic rings. The van der Waals surface area contributed by atoms with Crippen LogP contribution in [0.15, 0.2) is 36.4 Å². The number of carboxylic acids is 1. The highest BCUT2D eigenvalue weighted by molar-refractivity contribution is 6.39. The van der Waals surface area contributed by atoms with Gasteiger partial charge in [0, 0.05) is 15.4 Å². The highest BCUT2D eigenvalue weighted by atomic mass is 35.5. The van der Waals surface area contributed by atoms with E-state index in [-0.39, 0.29) is 21.0 Å². The second kappa shape index (κ2) is 6.61. The van der Waals surface area contributed by atoms with E-state index in [2.05, 4.69) is 0 Å². The SMILES string of the molecule is O=C(O)CC(O)c1cc2c(Cl)cc(Cl)cc2c2cc(C(F)(F)F)ccc12. The van der Waals surface area contributed by atoms with Crippen LogP contribution in [0, 0.1) is 0 Å². The first-order valence-corrected chi connectivity index (χ1v) is 8.16. The van der Waals surface area contributed by atoms with Crippen molar-refractivity contribution in [3.8, 4) is 0 Å². The summed E-state index contributed by atoms with van der Waals surface area (Å²) in [4.78, 5) is 10.9. The average Bonchev–Trinajstić information content (AvgIpc) is 2.52. The zero-order chi connectivity index (χ0) is 19.2. The van der Waals surface area contributed by atoms with Crippen LogP contribution < -0.4 is 0 Å². The average molecular weight is 403 g/mol. The maximum absolute atomic E-state index is 13.1. The van der Waals surface area contributed by atoms with Crippen LogP contribution in [0.25, 0.3) is 21.5 Å². The van der Waals surface area contributed by atoms with Crippen molar-refractivity contribution in [1.82, 2.24) is 0 Å². The molecule has 26 heavy (non-hydrogen) atoms. The molecule has 0 bridgehead atoms. The second-order valence-corrected chi connectivity index (χ2v) is 6.66. The van der Waals surface area contributed by atoms with Crippen molar-refractivity contribution in [1.29, 1.82) is 0 Å². The molecule has 1 atom stereocenters. The van der Waals surface area contributed by atoms with Crippen LogP contribution >= 0.6 is 23.2 Å². The Bertz CT molecular complexity index is 1030. The Labute approximate surface area is 155 Å². The molecule has 0 radical (unpaired) electrons. The molecule has 1 unspecified atom stereocenters. The number of hydrogen-bond donors (Lipinski definition) is 2. The summed E-state index contributed by atoms with van der Waals surface area (Å²) < 4.78 is 39.4. The van der Waals surface area contributed by atoms with Crippen molar-refractivity contribution in [3.63, 3.8) is 0 Å². The largest absolute Gasteiger partial charge is 0.481 e. The van der Waals surface area contributed by atoms with Crippen LogP contribution in [-0.4, -0.2) is 16.2 Å². The summed E-state index contributed by atoms with van der Waals surface area (Å²) in [6, 6.07) is 7.44. The summed E-state index contributed by atoms with van der Waals surface area (Å²) in [6.07, 6.45) is -6.55. The predicted octanol–water partition coefficient (Wildman–Crippen LogP) is 5.83. The van der Waals surface area contributed by atoms with Gasteiger partial charge in [0.15, 0.2) is 0 Å². The fourth-order valence-corrected chi connectivity index (χ4v) is 3.48. The summed E-state index contributed by atoms with van der Waals surface area (Å²) in [5.74, 6) is -1.24. The van der Waals surface area contributed by atoms with E-state index in [0.29, 0.717) is 16.2 Å². The standard InChI is InChI=1S/C18H11Cl2F3O3/c19-9-4-12-11-3-8(18(21,22)23)1-2-10(11)14(16(24)7-17(25)26)6-13(12)15(20)5-9/h1-6,16,24H,7H2,(H,25,26). The van der Waals surface area contributed by atoms with Gasteiger partial charge >= 0.3 is 12.1 Å². The number of halogens is 5. The summed E-state index contributed by atoms with van der Waals surface area (Å²) in [7, 11) is 0. The van der Waals surface area contributed by atoms with Crippen LogP contribution in [0.2, 0.25) is 10.0 Å². The maximum atomic E-state index is 13.1. The lowest BCUT2D eigenvalue weighted by atomic mass is 9.92. The quantitative estimate of drug-likeness (QED) is 0.542. The van der Waals surface area contributed by atoms with E-state index in [1.807, 2.05) is 0 Å². The molecular weight excluding hydrogens is 392 g/mol. The Balaban J connectivity index is 2.42. The number of hydrogen-bond acceptors (Lipinski definition) is 2. The van der Waals surface area contributed by atoms with Gasteiger partial charge in [-0.15, -0.1) is 0 Å². The van der Waals surface area contributed by atoms with Crippen molar-refractivity contribution in [2.24, 2.45) is 0 Å². The molecule has 0 aliphatic heterocycles. The summed E-state index contributed by atoms with van der Waals surface area (Å²) in [5.41, 5.74) is -0.680. The van der Waals surface area contributed by atoms with Crippen molar-refractivity contribution >= 4 is 50.7 Å². The molecule has 3 aromatic carbocycles. The van der Waals surface area contributed by atoms with Crippen LogP contribution in [0.1, 0.15) is 23.7 Å². The molecular formula is C18H11Cl2F3O3. The minimum Gasteiger partial charge on any atom is -0.481 e. The number of benzene rings is 3. The number of aliphatic carboxylic acids is 1. The molecule has 0 amide bonds. The predicted molar refractivity (Wildman–Crippen MR) is 93.7 cm³/mol. The van der Waals surface area contributed by atoms with E-state index < -0.39 is 30.2 Å². The maximum Gasteiger partial charge on any atom is 0.416 e. The molecule has 2 N–H and O–H groups in total. The van der Waals surface area contributed by atoms with Crippen LogP contribution in [-0.2, 0) is 11.0 Å². The van der Waals surface area contributed by atoms with Crippen molar-refractivity contribution in [3.05, 3.63) is 57.6 Å². The molecule has 3 aromatic rings. The zero-order valence-corrected chi connectivity index (χ0v) is 14.5. The minimum absolute atomic E-state index is 0.182. The molecule has 0 heterocycles. The number of alkyl halides is 3. The van der Waals surface area contributed by atoms with E-state index in [1.54, 1.807) is 0 Å². The third-order valence-electron chi connectivity index (χ3n) is 4.07. The fraction of sp³-hybridized carbons (Fsp3) is 0.167. The van der Waals surface area contributed by atoms with E-state index in [1.165, 1.54) is 24.3 Å². The lowest BCUT2D eigenvalue weighted by Crippen LogP contribution is -2.07. The van der Waals surface area contributed by atoms with E-state index >= 15 is 0 Å². The molecule has 0 aromatic heterocycles. The number of aliphatic hydroxyl groups excluding tert-OH is 1. The molecule has 0 spiro atoms. The van der Waals surface area contributed by atoms with Gasteiger partial charge in [-0.05, 0) is 52.1 Å². The summed E-state index contributed by atoms with van der Waals surface area (Å²) >= 11 is 12.2. The lowest BCUT2D eigenvalue weighted by Gasteiger charge is -2.17. The number of carbonyl (C=O) groups is 1.